The topological polar surface area (TPSA) is 157 Å². The van der Waals surface area contributed by atoms with Gasteiger partial charge in [-0.1, -0.05) is 19.4 Å². The summed E-state index contributed by atoms with van der Waals surface area (Å²) < 4.78 is 10.8. The number of hydrogen-bond donors (Lipinski definition) is 6. The lowest BCUT2D eigenvalue weighted by molar-refractivity contribution is -0.309. The minimum absolute atomic E-state index is 0.0738. The number of aliphatic hydroxyl groups is 6. The van der Waals surface area contributed by atoms with E-state index >= 15 is 0 Å². The Kier molecular flexibility index (Phi) is 6.77. The van der Waals surface area contributed by atoms with Gasteiger partial charge in [0.2, 0.25) is 0 Å². The molecule has 0 amide bonds. The van der Waals surface area contributed by atoms with E-state index in [4.69, 9.17) is 9.47 Å². The van der Waals surface area contributed by atoms with E-state index in [1.54, 1.807) is 6.08 Å². The lowest BCUT2D eigenvalue weighted by Gasteiger charge is -2.50. The van der Waals surface area contributed by atoms with Gasteiger partial charge in [-0.05, 0) is 43.6 Å². The first kappa shape index (κ1) is 23.7. The summed E-state index contributed by atoms with van der Waals surface area (Å²) in [6.45, 7) is 4.45. The van der Waals surface area contributed by atoms with Crippen LogP contribution in [0.4, 0.5) is 0 Å². The van der Waals surface area contributed by atoms with Crippen LogP contribution in [-0.2, 0) is 14.3 Å². The summed E-state index contributed by atoms with van der Waals surface area (Å²) in [6, 6.07) is 0. The number of ether oxygens (including phenoxy) is 2. The minimum Gasteiger partial charge on any atom is -0.394 e. The van der Waals surface area contributed by atoms with Gasteiger partial charge in [0, 0.05) is 0 Å². The van der Waals surface area contributed by atoms with Crippen molar-refractivity contribution in [3.63, 3.8) is 0 Å². The molecular formula is C21H34O9. The van der Waals surface area contributed by atoms with Crippen molar-refractivity contribution >= 4 is 5.78 Å². The molecule has 1 heterocycles. The van der Waals surface area contributed by atoms with Crippen LogP contribution in [0.5, 0.6) is 0 Å². The third kappa shape index (κ3) is 4.10. The van der Waals surface area contributed by atoms with Gasteiger partial charge in [0.05, 0.1) is 30.8 Å². The van der Waals surface area contributed by atoms with Crippen LogP contribution >= 0.6 is 0 Å². The van der Waals surface area contributed by atoms with Gasteiger partial charge in [-0.25, -0.2) is 0 Å². The van der Waals surface area contributed by atoms with Crippen molar-refractivity contribution in [2.75, 3.05) is 13.2 Å². The van der Waals surface area contributed by atoms with Crippen molar-refractivity contribution < 1.29 is 44.9 Å². The fraction of sp³-hybridized carbons (Fsp3) is 0.857. The molecule has 1 saturated carbocycles. The van der Waals surface area contributed by atoms with Crippen LogP contribution in [0.25, 0.3) is 0 Å². The lowest BCUT2D eigenvalue weighted by Crippen LogP contribution is -2.60. The molecule has 0 aromatic rings. The second-order valence-electron chi connectivity index (χ2n) is 9.51. The summed E-state index contributed by atoms with van der Waals surface area (Å²) in [5.74, 6) is -1.08. The quantitative estimate of drug-likeness (QED) is 0.317. The zero-order valence-electron chi connectivity index (χ0n) is 17.6. The Bertz CT molecular complexity index is 675. The molecule has 1 aliphatic heterocycles. The second kappa shape index (κ2) is 8.55. The van der Waals surface area contributed by atoms with Gasteiger partial charge in [0.1, 0.15) is 24.4 Å². The first-order valence-electron chi connectivity index (χ1n) is 10.5. The molecule has 0 radical (unpaired) electrons. The highest BCUT2D eigenvalue weighted by Crippen LogP contribution is 2.53. The van der Waals surface area contributed by atoms with Crippen molar-refractivity contribution in [3.05, 3.63) is 11.6 Å². The van der Waals surface area contributed by atoms with Crippen LogP contribution in [-0.4, -0.2) is 92.0 Å². The molecule has 2 aliphatic carbocycles. The molecule has 1 saturated heterocycles. The summed E-state index contributed by atoms with van der Waals surface area (Å²) in [6.07, 6.45) is -4.48. The fourth-order valence-corrected chi connectivity index (χ4v) is 4.99. The number of carbonyl (C=O) groups excluding carboxylic acids is 1. The molecule has 0 bridgehead atoms. The van der Waals surface area contributed by atoms with Crippen LogP contribution < -0.4 is 0 Å². The predicted octanol–water partition coefficient (Wildman–Crippen LogP) is -1.13. The minimum atomic E-state index is -1.61. The molecule has 2 fully saturated rings. The van der Waals surface area contributed by atoms with Gasteiger partial charge in [0.25, 0.3) is 0 Å². The Morgan fingerprint density at radius 3 is 2.53 bits per heavy atom. The maximum Gasteiger partial charge on any atom is 0.186 e. The molecule has 3 rings (SSSR count). The smallest absolute Gasteiger partial charge is 0.186 e. The molecule has 10 atom stereocenters. The van der Waals surface area contributed by atoms with Gasteiger partial charge < -0.3 is 40.1 Å². The molecule has 0 unspecified atom stereocenters. The lowest BCUT2D eigenvalue weighted by atomic mass is 9.56. The number of aliphatic hydroxyl groups excluding tert-OH is 5. The van der Waals surface area contributed by atoms with Crippen LogP contribution in [0, 0.1) is 17.3 Å². The third-order valence-electron chi connectivity index (χ3n) is 7.45. The van der Waals surface area contributed by atoms with E-state index in [-0.39, 0.29) is 18.3 Å². The molecule has 6 N–H and O–H groups in total. The SMILES string of the molecule is C[C@H]1[C@H](O)CCC2=CC(=O)[C@H]([C@](C)(O)CO[C@@H]3O[C@H](CO)[C@@H](O)[C@H](O)[C@H]3O)C[C@@]21C. The van der Waals surface area contributed by atoms with Gasteiger partial charge in [-0.2, -0.15) is 0 Å². The fourth-order valence-electron chi connectivity index (χ4n) is 4.99. The molecule has 3 aliphatic rings. The number of rotatable bonds is 5. The van der Waals surface area contributed by atoms with Crippen molar-refractivity contribution in [1.82, 2.24) is 0 Å². The highest BCUT2D eigenvalue weighted by molar-refractivity contribution is 5.94. The van der Waals surface area contributed by atoms with Crippen molar-refractivity contribution in [1.29, 1.82) is 0 Å². The molecule has 0 aromatic heterocycles. The molecule has 0 spiro atoms. The van der Waals surface area contributed by atoms with Crippen LogP contribution in [0.2, 0.25) is 0 Å². The zero-order valence-corrected chi connectivity index (χ0v) is 17.6. The molecule has 30 heavy (non-hydrogen) atoms. The highest BCUT2D eigenvalue weighted by Gasteiger charge is 2.52. The number of carbonyl (C=O) groups is 1. The average molecular weight is 430 g/mol. The van der Waals surface area contributed by atoms with E-state index in [2.05, 4.69) is 0 Å². The predicted molar refractivity (Wildman–Crippen MR) is 104 cm³/mol. The summed E-state index contributed by atoms with van der Waals surface area (Å²) >= 11 is 0. The van der Waals surface area contributed by atoms with Crippen molar-refractivity contribution in [2.45, 2.75) is 82.4 Å². The number of allylic oxidation sites excluding steroid dienone is 2. The van der Waals surface area contributed by atoms with Gasteiger partial charge >= 0.3 is 0 Å². The number of fused-ring (bicyclic) bond motifs is 1. The summed E-state index contributed by atoms with van der Waals surface area (Å²) in [4.78, 5) is 12.8. The molecule has 172 valence electrons. The van der Waals surface area contributed by atoms with E-state index in [9.17, 15) is 35.4 Å². The molecule has 0 aromatic carbocycles. The number of hydrogen-bond acceptors (Lipinski definition) is 9. The average Bonchev–Trinajstić information content (AvgIpc) is 2.70. The standard InChI is InChI=1S/C21H34O9/c1-10-13(23)5-4-11-6-14(24)12(7-20(10,11)2)21(3,28)9-29-19-18(27)17(26)16(25)15(8-22)30-19/h6,10,12-13,15-19,22-23,25-28H,4-5,7-9H2,1-3H3/t10-,12+,13+,15+,16+,17-,18+,19+,20+,21+/m0/s1. The first-order chi connectivity index (χ1) is 13.9. The Morgan fingerprint density at radius 2 is 1.90 bits per heavy atom. The Morgan fingerprint density at radius 1 is 1.23 bits per heavy atom. The van der Waals surface area contributed by atoms with Crippen molar-refractivity contribution in [3.8, 4) is 0 Å². The normalized spacial score (nSPS) is 46.7. The third-order valence-corrected chi connectivity index (χ3v) is 7.45. The zero-order chi connectivity index (χ0) is 22.4. The van der Waals surface area contributed by atoms with E-state index in [0.29, 0.717) is 19.3 Å². The summed E-state index contributed by atoms with van der Waals surface area (Å²) in [5, 5.41) is 60.5. The van der Waals surface area contributed by atoms with Gasteiger partial charge in [-0.3, -0.25) is 4.79 Å². The summed E-state index contributed by atoms with van der Waals surface area (Å²) in [7, 11) is 0. The first-order valence-corrected chi connectivity index (χ1v) is 10.5. The largest absolute Gasteiger partial charge is 0.394 e. The van der Waals surface area contributed by atoms with Gasteiger partial charge in [-0.15, -0.1) is 0 Å². The number of ketones is 1. The Labute approximate surface area is 175 Å². The van der Waals surface area contributed by atoms with Crippen LogP contribution in [0.3, 0.4) is 0 Å². The Hall–Kier alpha value is -0.910. The maximum absolute atomic E-state index is 12.8. The van der Waals surface area contributed by atoms with E-state index < -0.39 is 60.4 Å². The maximum atomic E-state index is 12.8. The van der Waals surface area contributed by atoms with E-state index in [1.165, 1.54) is 6.92 Å². The monoisotopic (exact) mass is 430 g/mol. The molecule has 9 nitrogen and oxygen atoms in total. The molecule has 9 heteroatoms. The van der Waals surface area contributed by atoms with E-state index in [0.717, 1.165) is 5.57 Å². The van der Waals surface area contributed by atoms with Crippen LogP contribution in [0.1, 0.15) is 40.0 Å². The highest BCUT2D eigenvalue weighted by atomic mass is 16.7. The summed E-state index contributed by atoms with van der Waals surface area (Å²) in [5.41, 5.74) is -1.04. The van der Waals surface area contributed by atoms with Gasteiger partial charge in [0.15, 0.2) is 12.1 Å². The van der Waals surface area contributed by atoms with Crippen LogP contribution in [0.15, 0.2) is 11.6 Å². The van der Waals surface area contributed by atoms with Crippen molar-refractivity contribution in [2.24, 2.45) is 17.3 Å². The molecular weight excluding hydrogens is 396 g/mol. The second-order valence-corrected chi connectivity index (χ2v) is 9.51. The Balaban J connectivity index is 1.72. The van der Waals surface area contributed by atoms with E-state index in [1.807, 2.05) is 13.8 Å².